The normalized spacial score (nSPS) is 12.5. The number of nitrogens with one attached hydrogen (secondary N) is 1. The third-order valence-electron chi connectivity index (χ3n) is 3.97. The molecule has 0 saturated heterocycles. The van der Waals surface area contributed by atoms with Crippen molar-refractivity contribution in [3.8, 4) is 0 Å². The molecular formula is C16H24N4O. The molecule has 0 bridgehead atoms. The highest BCUT2D eigenvalue weighted by Gasteiger charge is 2.16. The van der Waals surface area contributed by atoms with Gasteiger partial charge in [0.1, 0.15) is 0 Å². The standard InChI is InChI=1S/C16H24N4O/c1-4-6-7-20(11(3)5-2)15-9-14-12(8-13(15)17)16(21)19-10-18-14/h8-11H,4-7,17H2,1-3H3,(H,18,19,21). The Bertz CT molecular complexity index is 665. The number of benzene rings is 1. The molecule has 1 aromatic carbocycles. The van der Waals surface area contributed by atoms with Crippen molar-refractivity contribution in [2.45, 2.75) is 46.1 Å². The Morgan fingerprint density at radius 2 is 2.14 bits per heavy atom. The lowest BCUT2D eigenvalue weighted by Crippen LogP contribution is -2.34. The van der Waals surface area contributed by atoms with Crippen LogP contribution in [0.5, 0.6) is 0 Å². The number of aromatic amines is 1. The molecule has 2 aromatic rings. The van der Waals surface area contributed by atoms with E-state index >= 15 is 0 Å². The summed E-state index contributed by atoms with van der Waals surface area (Å²) < 4.78 is 0. The van der Waals surface area contributed by atoms with Crippen LogP contribution in [0.25, 0.3) is 10.9 Å². The molecule has 21 heavy (non-hydrogen) atoms. The summed E-state index contributed by atoms with van der Waals surface area (Å²) in [5.74, 6) is 0. The van der Waals surface area contributed by atoms with E-state index in [0.29, 0.717) is 22.6 Å². The highest BCUT2D eigenvalue weighted by Crippen LogP contribution is 2.29. The van der Waals surface area contributed by atoms with E-state index in [0.717, 1.165) is 31.5 Å². The van der Waals surface area contributed by atoms with Gasteiger partial charge in [-0.15, -0.1) is 0 Å². The van der Waals surface area contributed by atoms with Crippen molar-refractivity contribution < 1.29 is 0 Å². The van der Waals surface area contributed by atoms with Crippen LogP contribution < -0.4 is 16.2 Å². The van der Waals surface area contributed by atoms with Gasteiger partial charge in [0, 0.05) is 12.6 Å². The molecule has 0 aliphatic heterocycles. The molecule has 3 N–H and O–H groups in total. The maximum absolute atomic E-state index is 11.8. The maximum Gasteiger partial charge on any atom is 0.258 e. The van der Waals surface area contributed by atoms with Gasteiger partial charge in [0.05, 0.1) is 28.6 Å². The molecule has 114 valence electrons. The van der Waals surface area contributed by atoms with Crippen LogP contribution in [0.2, 0.25) is 0 Å². The molecule has 0 spiro atoms. The van der Waals surface area contributed by atoms with Crippen molar-refractivity contribution in [3.05, 3.63) is 28.8 Å². The van der Waals surface area contributed by atoms with E-state index in [1.165, 1.54) is 6.33 Å². The Balaban J connectivity index is 2.51. The Morgan fingerprint density at radius 1 is 1.38 bits per heavy atom. The lowest BCUT2D eigenvalue weighted by Gasteiger charge is -2.32. The number of fused-ring (bicyclic) bond motifs is 1. The van der Waals surface area contributed by atoms with Gasteiger partial charge >= 0.3 is 0 Å². The number of nitrogen functional groups attached to an aromatic ring is 1. The van der Waals surface area contributed by atoms with Crippen molar-refractivity contribution in [2.24, 2.45) is 0 Å². The van der Waals surface area contributed by atoms with E-state index in [4.69, 9.17) is 5.73 Å². The first-order chi connectivity index (χ1) is 10.1. The topological polar surface area (TPSA) is 75.0 Å². The molecular weight excluding hydrogens is 264 g/mol. The minimum atomic E-state index is -0.151. The van der Waals surface area contributed by atoms with Gasteiger partial charge in [0.2, 0.25) is 0 Å². The van der Waals surface area contributed by atoms with E-state index in [-0.39, 0.29) is 5.56 Å². The van der Waals surface area contributed by atoms with Crippen LogP contribution in [-0.2, 0) is 0 Å². The molecule has 5 nitrogen and oxygen atoms in total. The van der Waals surface area contributed by atoms with Gasteiger partial charge in [-0.3, -0.25) is 4.79 Å². The van der Waals surface area contributed by atoms with Crippen molar-refractivity contribution >= 4 is 22.3 Å². The molecule has 0 aliphatic rings. The van der Waals surface area contributed by atoms with Gasteiger partial charge in [-0.05, 0) is 31.9 Å². The Morgan fingerprint density at radius 3 is 2.81 bits per heavy atom. The monoisotopic (exact) mass is 288 g/mol. The number of nitrogens with two attached hydrogens (primary N) is 1. The number of nitrogens with zero attached hydrogens (tertiary/aromatic N) is 2. The summed E-state index contributed by atoms with van der Waals surface area (Å²) in [6.07, 6.45) is 4.73. The van der Waals surface area contributed by atoms with Crippen LogP contribution in [0.4, 0.5) is 11.4 Å². The number of unbranched alkanes of at least 4 members (excludes halogenated alkanes) is 1. The van der Waals surface area contributed by atoms with E-state index in [2.05, 4.69) is 35.6 Å². The summed E-state index contributed by atoms with van der Waals surface area (Å²) in [5.41, 5.74) is 8.35. The lowest BCUT2D eigenvalue weighted by atomic mass is 10.1. The van der Waals surface area contributed by atoms with E-state index < -0.39 is 0 Å². The fraction of sp³-hybridized carbons (Fsp3) is 0.500. The Labute approximate surface area is 125 Å². The van der Waals surface area contributed by atoms with Gasteiger partial charge in [0.25, 0.3) is 5.56 Å². The number of H-pyrrole nitrogens is 1. The minimum absolute atomic E-state index is 0.151. The van der Waals surface area contributed by atoms with Gasteiger partial charge in [0.15, 0.2) is 0 Å². The molecule has 0 radical (unpaired) electrons. The average molecular weight is 288 g/mol. The number of aromatic nitrogens is 2. The summed E-state index contributed by atoms with van der Waals surface area (Å²) in [6.45, 7) is 7.51. The van der Waals surface area contributed by atoms with Gasteiger partial charge in [-0.25, -0.2) is 4.98 Å². The number of anilines is 2. The molecule has 0 amide bonds. The highest BCUT2D eigenvalue weighted by atomic mass is 16.1. The van der Waals surface area contributed by atoms with Crippen molar-refractivity contribution in [2.75, 3.05) is 17.2 Å². The van der Waals surface area contributed by atoms with Crippen molar-refractivity contribution in [1.82, 2.24) is 9.97 Å². The van der Waals surface area contributed by atoms with E-state index in [9.17, 15) is 4.79 Å². The molecule has 5 heteroatoms. The Hall–Kier alpha value is -2.04. The zero-order valence-electron chi connectivity index (χ0n) is 13.0. The molecule has 0 saturated carbocycles. The van der Waals surface area contributed by atoms with Crippen LogP contribution in [0, 0.1) is 0 Å². The molecule has 1 aromatic heterocycles. The number of hydrogen-bond donors (Lipinski definition) is 2. The van der Waals surface area contributed by atoms with Crippen LogP contribution in [0.15, 0.2) is 23.3 Å². The molecule has 0 fully saturated rings. The first-order valence-corrected chi connectivity index (χ1v) is 7.62. The smallest absolute Gasteiger partial charge is 0.258 e. The molecule has 1 unspecified atom stereocenters. The predicted molar refractivity (Wildman–Crippen MR) is 88.8 cm³/mol. The summed E-state index contributed by atoms with van der Waals surface area (Å²) in [6, 6.07) is 4.07. The largest absolute Gasteiger partial charge is 0.397 e. The summed E-state index contributed by atoms with van der Waals surface area (Å²) in [7, 11) is 0. The zero-order chi connectivity index (χ0) is 15.4. The second-order valence-electron chi connectivity index (χ2n) is 5.46. The molecule has 2 rings (SSSR count). The zero-order valence-corrected chi connectivity index (χ0v) is 13.0. The maximum atomic E-state index is 11.8. The molecule has 1 atom stereocenters. The second kappa shape index (κ2) is 6.61. The van der Waals surface area contributed by atoms with Crippen molar-refractivity contribution in [1.29, 1.82) is 0 Å². The molecule has 0 aliphatic carbocycles. The van der Waals surface area contributed by atoms with Crippen LogP contribution in [0.3, 0.4) is 0 Å². The van der Waals surface area contributed by atoms with Crippen LogP contribution >= 0.6 is 0 Å². The predicted octanol–water partition coefficient (Wildman–Crippen LogP) is 2.91. The van der Waals surface area contributed by atoms with E-state index in [1.807, 2.05) is 6.07 Å². The van der Waals surface area contributed by atoms with Gasteiger partial charge < -0.3 is 15.6 Å². The lowest BCUT2D eigenvalue weighted by molar-refractivity contribution is 0.596. The van der Waals surface area contributed by atoms with Crippen molar-refractivity contribution in [3.63, 3.8) is 0 Å². The quantitative estimate of drug-likeness (QED) is 0.801. The first-order valence-electron chi connectivity index (χ1n) is 7.62. The molecule has 1 heterocycles. The average Bonchev–Trinajstić information content (AvgIpc) is 2.48. The van der Waals surface area contributed by atoms with Crippen LogP contribution in [0.1, 0.15) is 40.0 Å². The van der Waals surface area contributed by atoms with Gasteiger partial charge in [-0.1, -0.05) is 20.3 Å². The SMILES string of the molecule is CCCCN(c1cc2nc[nH]c(=O)c2cc1N)C(C)CC. The number of hydrogen-bond acceptors (Lipinski definition) is 4. The van der Waals surface area contributed by atoms with E-state index in [1.54, 1.807) is 6.07 Å². The first kappa shape index (κ1) is 15.4. The minimum Gasteiger partial charge on any atom is -0.397 e. The van der Waals surface area contributed by atoms with Crippen LogP contribution in [-0.4, -0.2) is 22.6 Å². The van der Waals surface area contributed by atoms with Gasteiger partial charge in [-0.2, -0.15) is 0 Å². The Kier molecular flexibility index (Phi) is 4.83. The second-order valence-corrected chi connectivity index (χ2v) is 5.46. The summed E-state index contributed by atoms with van der Waals surface area (Å²) >= 11 is 0. The third kappa shape index (κ3) is 3.17. The fourth-order valence-corrected chi connectivity index (χ4v) is 2.50. The summed E-state index contributed by atoms with van der Waals surface area (Å²) in [4.78, 5) is 21.0. The third-order valence-corrected chi connectivity index (χ3v) is 3.97. The fourth-order valence-electron chi connectivity index (χ4n) is 2.50. The highest BCUT2D eigenvalue weighted by molar-refractivity contribution is 5.88. The summed E-state index contributed by atoms with van der Waals surface area (Å²) in [5, 5.41) is 0.540. The number of rotatable bonds is 6.